The summed E-state index contributed by atoms with van der Waals surface area (Å²) < 4.78 is 9.48. The molecule has 0 atom stereocenters. The minimum Gasteiger partial charge on any atom is -0.494 e. The van der Waals surface area contributed by atoms with Gasteiger partial charge < -0.3 is 19.2 Å². The van der Waals surface area contributed by atoms with Crippen molar-refractivity contribution in [1.29, 1.82) is 0 Å². The minimum atomic E-state index is -0.0660. The molecule has 0 radical (unpaired) electrons. The molecule has 0 bridgehead atoms. The zero-order valence-corrected chi connectivity index (χ0v) is 16.1. The molecule has 1 aliphatic rings. The van der Waals surface area contributed by atoms with Crippen molar-refractivity contribution in [1.82, 2.24) is 29.6 Å². The zero-order valence-electron chi connectivity index (χ0n) is 16.1. The van der Waals surface area contributed by atoms with Gasteiger partial charge >= 0.3 is 0 Å². The molecule has 1 fully saturated rings. The van der Waals surface area contributed by atoms with Crippen LogP contribution in [0.1, 0.15) is 47.7 Å². The Hall–Kier alpha value is -3.16. The summed E-state index contributed by atoms with van der Waals surface area (Å²) in [5, 5.41) is 11.8. The van der Waals surface area contributed by atoms with Gasteiger partial charge in [-0.2, -0.15) is 0 Å². The van der Waals surface area contributed by atoms with Crippen LogP contribution in [0.25, 0.3) is 0 Å². The highest BCUT2D eigenvalue weighted by molar-refractivity contribution is 5.94. The maximum absolute atomic E-state index is 12.5. The number of amides is 1. The Morgan fingerprint density at radius 3 is 2.93 bits per heavy atom. The maximum Gasteiger partial charge on any atom is 0.251 e. The highest BCUT2D eigenvalue weighted by Crippen LogP contribution is 2.36. The summed E-state index contributed by atoms with van der Waals surface area (Å²) >= 11 is 0. The highest BCUT2D eigenvalue weighted by Gasteiger charge is 2.35. The topological polar surface area (TPSA) is 86.9 Å². The summed E-state index contributed by atoms with van der Waals surface area (Å²) in [5.41, 5.74) is 0.621. The number of carbonyl (C=O) groups excluding carboxylic acids is 1. The van der Waals surface area contributed by atoms with Crippen molar-refractivity contribution in [2.45, 2.75) is 38.3 Å². The number of hydrogen-bond donors (Lipinski definition) is 1. The zero-order chi connectivity index (χ0) is 19.5. The molecule has 1 amide bonds. The average molecular weight is 380 g/mol. The number of rotatable bonds is 7. The van der Waals surface area contributed by atoms with Gasteiger partial charge in [0.15, 0.2) is 5.82 Å². The average Bonchev–Trinajstić information content (AvgIpc) is 3.29. The van der Waals surface area contributed by atoms with E-state index >= 15 is 0 Å². The highest BCUT2D eigenvalue weighted by atomic mass is 16.5. The number of nitrogens with one attached hydrogen (secondary N) is 1. The van der Waals surface area contributed by atoms with Crippen molar-refractivity contribution in [3.8, 4) is 5.75 Å². The number of nitrogens with zero attached hydrogens (tertiary/aromatic N) is 5. The fraction of sp³-hybridized carbons (Fsp3) is 0.400. The Morgan fingerprint density at radius 2 is 2.18 bits per heavy atom. The Labute approximate surface area is 163 Å². The van der Waals surface area contributed by atoms with E-state index in [2.05, 4.69) is 20.5 Å². The van der Waals surface area contributed by atoms with Crippen molar-refractivity contribution < 1.29 is 9.53 Å². The van der Waals surface area contributed by atoms with Gasteiger partial charge in [0.2, 0.25) is 0 Å². The van der Waals surface area contributed by atoms with Gasteiger partial charge in [0.05, 0.1) is 19.5 Å². The lowest BCUT2D eigenvalue weighted by molar-refractivity contribution is 0.0906. The van der Waals surface area contributed by atoms with Crippen LogP contribution in [0.4, 0.5) is 0 Å². The van der Waals surface area contributed by atoms with Crippen LogP contribution in [0, 0.1) is 0 Å². The molecule has 28 heavy (non-hydrogen) atoms. The van der Waals surface area contributed by atoms with E-state index in [9.17, 15) is 4.79 Å². The largest absolute Gasteiger partial charge is 0.494 e. The Bertz CT molecular complexity index is 944. The fourth-order valence-electron chi connectivity index (χ4n) is 3.52. The Morgan fingerprint density at radius 1 is 1.32 bits per heavy atom. The van der Waals surface area contributed by atoms with E-state index in [0.29, 0.717) is 30.4 Å². The minimum absolute atomic E-state index is 0.0660. The summed E-state index contributed by atoms with van der Waals surface area (Å²) in [6.45, 7) is 3.15. The number of hydrogen-bond acceptors (Lipinski definition) is 5. The molecule has 0 unspecified atom stereocenters. The first-order valence-corrected chi connectivity index (χ1v) is 9.51. The second-order valence-corrected chi connectivity index (χ2v) is 7.07. The van der Waals surface area contributed by atoms with Gasteiger partial charge in [-0.1, -0.05) is 6.07 Å². The van der Waals surface area contributed by atoms with E-state index in [1.807, 2.05) is 41.4 Å². The first kappa shape index (κ1) is 18.2. The first-order chi connectivity index (χ1) is 13.6. The molecule has 2 heterocycles. The predicted octanol–water partition coefficient (Wildman–Crippen LogP) is 2.13. The van der Waals surface area contributed by atoms with Crippen LogP contribution in [-0.4, -0.2) is 42.9 Å². The number of ether oxygens (including phenoxy) is 1. The third kappa shape index (κ3) is 3.76. The van der Waals surface area contributed by atoms with Crippen LogP contribution in [0.15, 0.2) is 43.0 Å². The SMILES string of the molecule is CCOc1cccc(C(=O)NC2CC(c3nnc(Cn4ccnc4)n3C)C2)c1. The molecule has 1 aromatic carbocycles. The van der Waals surface area contributed by atoms with Gasteiger partial charge in [-0.3, -0.25) is 4.79 Å². The molecule has 8 heteroatoms. The smallest absolute Gasteiger partial charge is 0.251 e. The van der Waals surface area contributed by atoms with E-state index in [0.717, 1.165) is 24.5 Å². The second kappa shape index (κ2) is 7.84. The van der Waals surface area contributed by atoms with Gasteiger partial charge in [-0.05, 0) is 38.0 Å². The Balaban J connectivity index is 1.33. The van der Waals surface area contributed by atoms with Crippen LogP contribution in [0.3, 0.4) is 0 Å². The standard InChI is InChI=1S/C20H24N6O2/c1-3-28-17-6-4-5-14(11-17)20(27)22-16-9-15(10-16)19-24-23-18(25(19)2)12-26-8-7-21-13-26/h4-8,11,13,15-16H,3,9-10,12H2,1-2H3,(H,22,27). The fourth-order valence-corrected chi connectivity index (χ4v) is 3.52. The maximum atomic E-state index is 12.5. The molecule has 1 aliphatic carbocycles. The summed E-state index contributed by atoms with van der Waals surface area (Å²) in [4.78, 5) is 16.5. The number of imidazole rings is 1. The van der Waals surface area contributed by atoms with Crippen LogP contribution in [-0.2, 0) is 13.6 Å². The van der Waals surface area contributed by atoms with Gasteiger partial charge in [0, 0.05) is 37.0 Å². The Kier molecular flexibility index (Phi) is 5.10. The van der Waals surface area contributed by atoms with Gasteiger partial charge in [0.25, 0.3) is 5.91 Å². The van der Waals surface area contributed by atoms with Crippen molar-refractivity contribution in [3.63, 3.8) is 0 Å². The third-order valence-electron chi connectivity index (χ3n) is 5.13. The number of aromatic nitrogens is 5. The molecule has 1 saturated carbocycles. The molecular formula is C20H24N6O2. The number of carbonyl (C=O) groups is 1. The summed E-state index contributed by atoms with van der Waals surface area (Å²) in [5.74, 6) is 2.83. The number of benzene rings is 1. The van der Waals surface area contributed by atoms with Crippen molar-refractivity contribution in [3.05, 3.63) is 60.2 Å². The van der Waals surface area contributed by atoms with Gasteiger partial charge in [-0.15, -0.1) is 10.2 Å². The molecule has 2 aromatic heterocycles. The lowest BCUT2D eigenvalue weighted by atomic mass is 9.79. The predicted molar refractivity (Wildman–Crippen MR) is 103 cm³/mol. The van der Waals surface area contributed by atoms with E-state index in [1.54, 1.807) is 24.7 Å². The van der Waals surface area contributed by atoms with E-state index in [-0.39, 0.29) is 11.9 Å². The molecule has 1 N–H and O–H groups in total. The summed E-state index contributed by atoms with van der Waals surface area (Å²) in [6.07, 6.45) is 7.16. The summed E-state index contributed by atoms with van der Waals surface area (Å²) in [6, 6.07) is 7.43. The van der Waals surface area contributed by atoms with Gasteiger partial charge in [0.1, 0.15) is 11.6 Å². The third-order valence-corrected chi connectivity index (χ3v) is 5.13. The molecule has 0 saturated heterocycles. The van der Waals surface area contributed by atoms with Crippen molar-refractivity contribution >= 4 is 5.91 Å². The van der Waals surface area contributed by atoms with Crippen LogP contribution in [0.5, 0.6) is 5.75 Å². The van der Waals surface area contributed by atoms with E-state index in [4.69, 9.17) is 4.74 Å². The van der Waals surface area contributed by atoms with E-state index in [1.165, 1.54) is 0 Å². The second-order valence-electron chi connectivity index (χ2n) is 7.07. The van der Waals surface area contributed by atoms with E-state index < -0.39 is 0 Å². The first-order valence-electron chi connectivity index (χ1n) is 9.51. The van der Waals surface area contributed by atoms with Crippen LogP contribution >= 0.6 is 0 Å². The lowest BCUT2D eigenvalue weighted by Crippen LogP contribution is -2.44. The monoisotopic (exact) mass is 380 g/mol. The molecule has 0 aliphatic heterocycles. The molecule has 146 valence electrons. The normalized spacial score (nSPS) is 18.5. The summed E-state index contributed by atoms with van der Waals surface area (Å²) in [7, 11) is 1.99. The van der Waals surface area contributed by atoms with Crippen molar-refractivity contribution in [2.75, 3.05) is 6.61 Å². The quantitative estimate of drug-likeness (QED) is 0.679. The molecule has 0 spiro atoms. The van der Waals surface area contributed by atoms with Crippen molar-refractivity contribution in [2.24, 2.45) is 7.05 Å². The lowest BCUT2D eigenvalue weighted by Gasteiger charge is -2.35. The van der Waals surface area contributed by atoms with Crippen LogP contribution < -0.4 is 10.1 Å². The van der Waals surface area contributed by atoms with Gasteiger partial charge in [-0.25, -0.2) is 4.98 Å². The van der Waals surface area contributed by atoms with Crippen LogP contribution in [0.2, 0.25) is 0 Å². The molecule has 4 rings (SSSR count). The molecule has 8 nitrogen and oxygen atoms in total. The molecular weight excluding hydrogens is 356 g/mol. The molecule has 3 aromatic rings.